The number of nitrogens with one attached hydrogen (secondary N) is 1. The van der Waals surface area contributed by atoms with Gasteiger partial charge >= 0.3 is 0 Å². The predicted octanol–water partition coefficient (Wildman–Crippen LogP) is -0.662. The summed E-state index contributed by atoms with van der Waals surface area (Å²) in [5, 5.41) is 3.16. The fourth-order valence-electron chi connectivity index (χ4n) is 0.516. The zero-order chi connectivity index (χ0) is 4.24. The molecule has 0 aliphatic carbocycles. The van der Waals surface area contributed by atoms with Gasteiger partial charge in [-0.3, -0.25) is 0 Å². The van der Waals surface area contributed by atoms with Gasteiger partial charge in [0.05, 0.1) is 13.2 Å². The molecule has 0 aromatic heterocycles. The zero-order valence-corrected chi connectivity index (χ0v) is 8.24. The molecule has 1 fully saturated rings. The molecule has 2 nitrogen and oxygen atoms in total. The van der Waals surface area contributed by atoms with Gasteiger partial charge in [0.25, 0.3) is 0 Å². The average molecular weight is 144 g/mol. The summed E-state index contributed by atoms with van der Waals surface area (Å²) in [4.78, 5) is 0. The van der Waals surface area contributed by atoms with E-state index in [0.717, 1.165) is 26.3 Å². The molecule has 0 aromatic rings. The van der Waals surface area contributed by atoms with Crippen molar-refractivity contribution in [1.82, 2.24) is 5.32 Å². The van der Waals surface area contributed by atoms with Crippen molar-refractivity contribution in [2.75, 3.05) is 26.3 Å². The molecule has 0 unspecified atom stereocenters. The van der Waals surface area contributed by atoms with Crippen LogP contribution >= 0.6 is 13.5 Å². The Hall–Kier alpha value is 1.27. The second-order valence-corrected chi connectivity index (χ2v) is 1.36. The second kappa shape index (κ2) is 8.27. The van der Waals surface area contributed by atoms with Crippen molar-refractivity contribution in [3.05, 3.63) is 0 Å². The molecule has 1 saturated heterocycles. The van der Waals surface area contributed by atoms with E-state index in [1.54, 1.807) is 0 Å². The van der Waals surface area contributed by atoms with Crippen LogP contribution in [0.25, 0.3) is 0 Å². The third-order valence-electron chi connectivity index (χ3n) is 0.846. The van der Waals surface area contributed by atoms with Crippen molar-refractivity contribution in [2.45, 2.75) is 0 Å². The largest absolute Gasteiger partial charge is 0.379 e. The summed E-state index contributed by atoms with van der Waals surface area (Å²) < 4.78 is 5.01. The Balaban J connectivity index is 0. The van der Waals surface area contributed by atoms with Gasteiger partial charge in [-0.25, -0.2) is 0 Å². The zero-order valence-electron chi connectivity index (χ0n) is 5.24. The Morgan fingerprint density at radius 2 is 1.62 bits per heavy atom. The molecule has 0 bridgehead atoms. The van der Waals surface area contributed by atoms with Crippen molar-refractivity contribution < 1.29 is 4.74 Å². The summed E-state index contributed by atoms with van der Waals surface area (Å²) in [6, 6.07) is 0. The predicted molar refractivity (Wildman–Crippen MR) is 39.8 cm³/mol. The molecule has 1 rings (SSSR count). The molecule has 1 N–H and O–H groups in total. The van der Waals surface area contributed by atoms with Crippen molar-refractivity contribution in [3.8, 4) is 0 Å². The van der Waals surface area contributed by atoms with Gasteiger partial charge in [-0.1, -0.05) is 0 Å². The molecular weight excluding hydrogens is 133 g/mol. The monoisotopic (exact) mass is 144 g/mol. The summed E-state index contributed by atoms with van der Waals surface area (Å²) >= 11 is 0. The Labute approximate surface area is 79.1 Å². The molecule has 45 valence electrons. The summed E-state index contributed by atoms with van der Waals surface area (Å²) in [5.74, 6) is 0. The number of hydrogen-bond donors (Lipinski definition) is 1. The minimum atomic E-state index is 0. The van der Waals surface area contributed by atoms with Gasteiger partial charge in [0.15, 0.2) is 0 Å². The van der Waals surface area contributed by atoms with E-state index in [0.29, 0.717) is 0 Å². The first-order chi connectivity index (χ1) is 3.00. The maximum atomic E-state index is 5.01. The van der Waals surface area contributed by atoms with Gasteiger partial charge in [-0.15, -0.1) is 0 Å². The molecule has 4 heteroatoms. The molecule has 0 aromatic carbocycles. The number of hydrogen-bond acceptors (Lipinski definition) is 2. The van der Waals surface area contributed by atoms with Crippen molar-refractivity contribution in [3.63, 3.8) is 0 Å². The third-order valence-corrected chi connectivity index (χ3v) is 0.846. The number of ether oxygens (including phenoxy) is 1. The van der Waals surface area contributed by atoms with E-state index in [4.69, 9.17) is 4.74 Å². The minimum absolute atomic E-state index is 0. The Morgan fingerprint density at radius 1 is 1.12 bits per heavy atom. The molecule has 0 amide bonds. The van der Waals surface area contributed by atoms with Crippen LogP contribution in [-0.4, -0.2) is 55.9 Å². The fraction of sp³-hybridized carbons (Fsp3) is 1.00. The maximum Gasteiger partial charge on any atom is 0.0591 e. The molecule has 1 heterocycles. The molecule has 0 saturated carbocycles. The third kappa shape index (κ3) is 5.41. The van der Waals surface area contributed by atoms with Crippen LogP contribution in [0.3, 0.4) is 0 Å². The Morgan fingerprint density at radius 3 is 1.75 bits per heavy atom. The normalized spacial score (nSPS) is 18.0. The quantitative estimate of drug-likeness (QED) is 0.456. The summed E-state index contributed by atoms with van der Waals surface area (Å²) in [6.07, 6.45) is 0. The smallest absolute Gasteiger partial charge is 0.0591 e. The molecule has 0 spiro atoms. The van der Waals surface area contributed by atoms with E-state index in [-0.39, 0.29) is 43.1 Å². The standard InChI is InChI=1S/C4H9NO.Na.H2S/c1-3-6-4-2-5-1;;/h5H,1-4H2;;1H2. The molecule has 8 heavy (non-hydrogen) atoms. The Bertz CT molecular complexity index is 31.5. The van der Waals surface area contributed by atoms with Crippen LogP contribution in [-0.2, 0) is 4.74 Å². The van der Waals surface area contributed by atoms with Crippen LogP contribution in [0, 0.1) is 0 Å². The fourth-order valence-corrected chi connectivity index (χ4v) is 0.516. The van der Waals surface area contributed by atoms with Gasteiger partial charge in [0, 0.05) is 42.6 Å². The second-order valence-electron chi connectivity index (χ2n) is 1.36. The van der Waals surface area contributed by atoms with Crippen LogP contribution in [0.4, 0.5) is 0 Å². The summed E-state index contributed by atoms with van der Waals surface area (Å²) in [5.41, 5.74) is 0. The summed E-state index contributed by atoms with van der Waals surface area (Å²) in [7, 11) is 0. The van der Waals surface area contributed by atoms with Crippen LogP contribution in [0.15, 0.2) is 0 Å². The van der Waals surface area contributed by atoms with E-state index in [2.05, 4.69) is 5.32 Å². The minimum Gasteiger partial charge on any atom is -0.379 e. The molecule has 0 atom stereocenters. The first-order valence-corrected chi connectivity index (χ1v) is 2.28. The van der Waals surface area contributed by atoms with E-state index in [1.165, 1.54) is 0 Å². The Kier molecular flexibility index (Phi) is 12.4. The van der Waals surface area contributed by atoms with Gasteiger partial charge in [0.1, 0.15) is 0 Å². The van der Waals surface area contributed by atoms with Gasteiger partial charge in [-0.05, 0) is 0 Å². The van der Waals surface area contributed by atoms with Gasteiger partial charge < -0.3 is 10.1 Å². The molecule has 1 aliphatic rings. The molecule has 1 radical (unpaired) electrons. The average Bonchev–Trinajstić information content (AvgIpc) is 1.72. The SMILES string of the molecule is C1COCCN1.S.[Na]. The van der Waals surface area contributed by atoms with E-state index < -0.39 is 0 Å². The van der Waals surface area contributed by atoms with Crippen LogP contribution in [0.1, 0.15) is 0 Å². The van der Waals surface area contributed by atoms with Gasteiger partial charge in [-0.2, -0.15) is 13.5 Å². The topological polar surface area (TPSA) is 21.3 Å². The van der Waals surface area contributed by atoms with E-state index in [9.17, 15) is 0 Å². The van der Waals surface area contributed by atoms with E-state index >= 15 is 0 Å². The van der Waals surface area contributed by atoms with Crippen molar-refractivity contribution in [2.24, 2.45) is 0 Å². The van der Waals surface area contributed by atoms with E-state index in [1.807, 2.05) is 0 Å². The van der Waals surface area contributed by atoms with Crippen LogP contribution in [0.2, 0.25) is 0 Å². The van der Waals surface area contributed by atoms with Crippen LogP contribution in [0.5, 0.6) is 0 Å². The van der Waals surface area contributed by atoms with Crippen molar-refractivity contribution in [1.29, 1.82) is 0 Å². The first-order valence-electron chi connectivity index (χ1n) is 2.28. The van der Waals surface area contributed by atoms with Gasteiger partial charge in [0.2, 0.25) is 0 Å². The van der Waals surface area contributed by atoms with Crippen LogP contribution < -0.4 is 5.32 Å². The molecule has 1 aliphatic heterocycles. The number of rotatable bonds is 0. The molecular formula is C4H11NNaOS. The first kappa shape index (κ1) is 12.0. The maximum absolute atomic E-state index is 5.01. The summed E-state index contributed by atoms with van der Waals surface area (Å²) in [6.45, 7) is 3.83. The number of morpholine rings is 1. The van der Waals surface area contributed by atoms with Crippen molar-refractivity contribution >= 4 is 43.1 Å².